The van der Waals surface area contributed by atoms with Crippen LogP contribution in [0.4, 0.5) is 0 Å². The summed E-state index contributed by atoms with van der Waals surface area (Å²) in [5, 5.41) is 7.57. The zero-order chi connectivity index (χ0) is 13.1. The molecule has 4 heteroatoms. The summed E-state index contributed by atoms with van der Waals surface area (Å²) in [6, 6.07) is 5.87. The lowest BCUT2D eigenvalue weighted by atomic mass is 10.1. The molecule has 1 aliphatic carbocycles. The molecule has 18 heavy (non-hydrogen) atoms. The summed E-state index contributed by atoms with van der Waals surface area (Å²) < 4.78 is 5.21. The van der Waals surface area contributed by atoms with Crippen molar-refractivity contribution in [2.24, 2.45) is 11.7 Å². The average molecular weight is 247 g/mol. The molecule has 1 aromatic rings. The molecule has 0 spiro atoms. The Morgan fingerprint density at radius 2 is 2.22 bits per heavy atom. The van der Waals surface area contributed by atoms with Crippen LogP contribution in [0.3, 0.4) is 0 Å². The fourth-order valence-electron chi connectivity index (χ4n) is 2.18. The molecule has 98 valence electrons. The number of nitrogens with one attached hydrogen (secondary N) is 1. The Morgan fingerprint density at radius 1 is 1.50 bits per heavy atom. The number of ether oxygens (including phenoxy) is 1. The van der Waals surface area contributed by atoms with E-state index in [4.69, 9.17) is 15.9 Å². The van der Waals surface area contributed by atoms with Gasteiger partial charge < -0.3 is 15.4 Å². The van der Waals surface area contributed by atoms with Gasteiger partial charge in [0.2, 0.25) is 0 Å². The maximum absolute atomic E-state index is 7.57. The number of methoxy groups -OCH3 is 1. The quantitative estimate of drug-likeness (QED) is 0.595. The van der Waals surface area contributed by atoms with Crippen molar-refractivity contribution in [3.05, 3.63) is 29.3 Å². The van der Waals surface area contributed by atoms with E-state index in [0.717, 1.165) is 19.0 Å². The van der Waals surface area contributed by atoms with E-state index in [1.807, 2.05) is 18.2 Å². The highest BCUT2D eigenvalue weighted by atomic mass is 16.5. The summed E-state index contributed by atoms with van der Waals surface area (Å²) in [6.07, 6.45) is 2.73. The summed E-state index contributed by atoms with van der Waals surface area (Å²) in [5.41, 5.74) is 7.42. The summed E-state index contributed by atoms with van der Waals surface area (Å²) in [6.45, 7) is 2.04. The first kappa shape index (κ1) is 12.9. The van der Waals surface area contributed by atoms with Gasteiger partial charge in [-0.05, 0) is 43.5 Å². The summed E-state index contributed by atoms with van der Waals surface area (Å²) in [5.74, 6) is 1.61. The van der Waals surface area contributed by atoms with Crippen molar-refractivity contribution >= 4 is 5.84 Å². The highest BCUT2D eigenvalue weighted by molar-refractivity contribution is 5.97. The predicted molar refractivity (Wildman–Crippen MR) is 73.1 cm³/mol. The van der Waals surface area contributed by atoms with E-state index in [9.17, 15) is 0 Å². The Morgan fingerprint density at radius 3 is 2.78 bits per heavy atom. The van der Waals surface area contributed by atoms with E-state index >= 15 is 0 Å². The Labute approximate surface area is 108 Å². The number of nitrogens with zero attached hydrogens (tertiary/aromatic N) is 1. The van der Waals surface area contributed by atoms with Crippen LogP contribution >= 0.6 is 0 Å². The molecular formula is C14H21N3O. The average Bonchev–Trinajstić information content (AvgIpc) is 3.12. The smallest absolute Gasteiger partial charge is 0.129 e. The molecule has 1 saturated carbocycles. The molecule has 3 N–H and O–H groups in total. The molecule has 0 aromatic heterocycles. The van der Waals surface area contributed by atoms with Crippen LogP contribution in [-0.4, -0.2) is 31.4 Å². The normalized spacial score (nSPS) is 14.8. The molecule has 1 fully saturated rings. The lowest BCUT2D eigenvalue weighted by Crippen LogP contribution is -2.21. The van der Waals surface area contributed by atoms with Gasteiger partial charge in [-0.3, -0.25) is 5.41 Å². The molecule has 0 aliphatic heterocycles. The second-order valence-corrected chi connectivity index (χ2v) is 5.09. The molecular weight excluding hydrogens is 226 g/mol. The monoisotopic (exact) mass is 247 g/mol. The van der Waals surface area contributed by atoms with E-state index in [2.05, 4.69) is 11.9 Å². The van der Waals surface area contributed by atoms with Gasteiger partial charge in [-0.1, -0.05) is 6.07 Å². The second kappa shape index (κ2) is 5.40. The van der Waals surface area contributed by atoms with E-state index < -0.39 is 0 Å². The third kappa shape index (κ3) is 3.23. The van der Waals surface area contributed by atoms with Gasteiger partial charge in [-0.15, -0.1) is 0 Å². The molecule has 0 amide bonds. The third-order valence-electron chi connectivity index (χ3n) is 3.27. The SMILES string of the molecule is COc1ccc(CN(C)CC2CC2)cc1C(=N)N. The highest BCUT2D eigenvalue weighted by Gasteiger charge is 2.22. The number of hydrogen-bond acceptors (Lipinski definition) is 3. The van der Waals surface area contributed by atoms with E-state index in [-0.39, 0.29) is 5.84 Å². The number of nitrogens with two attached hydrogens (primary N) is 1. The topological polar surface area (TPSA) is 62.3 Å². The Balaban J connectivity index is 2.07. The van der Waals surface area contributed by atoms with E-state index in [0.29, 0.717) is 11.3 Å². The minimum Gasteiger partial charge on any atom is -0.496 e. The lowest BCUT2D eigenvalue weighted by Gasteiger charge is -2.17. The van der Waals surface area contributed by atoms with Crippen LogP contribution in [0.1, 0.15) is 24.0 Å². The number of benzene rings is 1. The molecule has 2 rings (SSSR count). The molecule has 1 aliphatic rings. The van der Waals surface area contributed by atoms with Gasteiger partial charge in [0.15, 0.2) is 0 Å². The predicted octanol–water partition coefficient (Wildman–Crippen LogP) is 1.82. The van der Waals surface area contributed by atoms with Gasteiger partial charge in [0, 0.05) is 13.1 Å². The zero-order valence-corrected chi connectivity index (χ0v) is 11.1. The molecule has 1 aromatic carbocycles. The van der Waals surface area contributed by atoms with Gasteiger partial charge in [-0.2, -0.15) is 0 Å². The van der Waals surface area contributed by atoms with Crippen LogP contribution in [-0.2, 0) is 6.54 Å². The van der Waals surface area contributed by atoms with Crippen molar-refractivity contribution in [3.8, 4) is 5.75 Å². The van der Waals surface area contributed by atoms with Crippen molar-refractivity contribution in [3.63, 3.8) is 0 Å². The van der Waals surface area contributed by atoms with Gasteiger partial charge in [-0.25, -0.2) is 0 Å². The van der Waals surface area contributed by atoms with Gasteiger partial charge in [0.25, 0.3) is 0 Å². The summed E-state index contributed by atoms with van der Waals surface area (Å²) in [4.78, 5) is 2.32. The first-order valence-electron chi connectivity index (χ1n) is 6.30. The van der Waals surface area contributed by atoms with Crippen LogP contribution in [0.25, 0.3) is 0 Å². The molecule has 0 heterocycles. The molecule has 0 radical (unpaired) electrons. The standard InChI is InChI=1S/C14H21N3O/c1-17(8-10-3-4-10)9-11-5-6-13(18-2)12(7-11)14(15)16/h5-7,10H,3-4,8-9H2,1-2H3,(H3,15,16). The first-order chi connectivity index (χ1) is 8.60. The maximum atomic E-state index is 7.57. The van der Waals surface area contributed by atoms with Crippen molar-refractivity contribution in [1.82, 2.24) is 4.90 Å². The van der Waals surface area contributed by atoms with Crippen LogP contribution in [0.5, 0.6) is 5.75 Å². The molecule has 0 unspecified atom stereocenters. The summed E-state index contributed by atoms with van der Waals surface area (Å²) in [7, 11) is 3.73. The van der Waals surface area contributed by atoms with Crippen LogP contribution < -0.4 is 10.5 Å². The Hall–Kier alpha value is -1.55. The number of nitrogen functional groups attached to an aromatic ring is 1. The van der Waals surface area contributed by atoms with Crippen molar-refractivity contribution < 1.29 is 4.74 Å². The van der Waals surface area contributed by atoms with Crippen molar-refractivity contribution in [2.45, 2.75) is 19.4 Å². The number of rotatable bonds is 6. The van der Waals surface area contributed by atoms with Crippen molar-refractivity contribution in [1.29, 1.82) is 5.41 Å². The molecule has 0 atom stereocenters. The lowest BCUT2D eigenvalue weighted by molar-refractivity contribution is 0.313. The number of amidine groups is 1. The molecule has 0 bridgehead atoms. The Bertz CT molecular complexity index is 441. The minimum atomic E-state index is 0.0542. The zero-order valence-electron chi connectivity index (χ0n) is 11.1. The molecule has 4 nitrogen and oxygen atoms in total. The maximum Gasteiger partial charge on any atom is 0.129 e. The van der Waals surface area contributed by atoms with Crippen LogP contribution in [0, 0.1) is 11.3 Å². The first-order valence-corrected chi connectivity index (χ1v) is 6.30. The van der Waals surface area contributed by atoms with Crippen LogP contribution in [0.15, 0.2) is 18.2 Å². The fraction of sp³-hybridized carbons (Fsp3) is 0.500. The molecule has 0 saturated heterocycles. The van der Waals surface area contributed by atoms with Gasteiger partial charge in [0.1, 0.15) is 11.6 Å². The van der Waals surface area contributed by atoms with Gasteiger partial charge >= 0.3 is 0 Å². The minimum absolute atomic E-state index is 0.0542. The third-order valence-corrected chi connectivity index (χ3v) is 3.27. The van der Waals surface area contributed by atoms with E-state index in [1.54, 1.807) is 7.11 Å². The van der Waals surface area contributed by atoms with Crippen LogP contribution in [0.2, 0.25) is 0 Å². The highest BCUT2D eigenvalue weighted by Crippen LogP contribution is 2.29. The van der Waals surface area contributed by atoms with Gasteiger partial charge in [0.05, 0.1) is 12.7 Å². The Kier molecular flexibility index (Phi) is 3.87. The fourth-order valence-corrected chi connectivity index (χ4v) is 2.18. The van der Waals surface area contributed by atoms with Crippen molar-refractivity contribution in [2.75, 3.05) is 20.7 Å². The second-order valence-electron chi connectivity index (χ2n) is 5.09. The van der Waals surface area contributed by atoms with E-state index in [1.165, 1.54) is 18.4 Å². The largest absolute Gasteiger partial charge is 0.496 e. The number of hydrogen-bond donors (Lipinski definition) is 2. The summed E-state index contributed by atoms with van der Waals surface area (Å²) >= 11 is 0.